The zero-order chi connectivity index (χ0) is 13.5. The second kappa shape index (κ2) is 4.62. The average molecular weight is 262 g/mol. The zero-order valence-electron chi connectivity index (χ0n) is 10.7. The second-order valence-electron chi connectivity index (χ2n) is 5.65. The van der Waals surface area contributed by atoms with Crippen molar-refractivity contribution < 1.29 is 19.7 Å². The highest BCUT2D eigenvalue weighted by atomic mass is 16.5. The summed E-state index contributed by atoms with van der Waals surface area (Å²) >= 11 is 0. The van der Waals surface area contributed by atoms with E-state index in [-0.39, 0.29) is 31.0 Å². The molecular weight excluding hydrogens is 244 g/mol. The number of carbonyl (C=O) groups is 1. The lowest BCUT2D eigenvalue weighted by Crippen LogP contribution is -2.43. The van der Waals surface area contributed by atoms with Gasteiger partial charge in [0, 0.05) is 5.92 Å². The van der Waals surface area contributed by atoms with E-state index >= 15 is 0 Å². The molecule has 4 heteroatoms. The number of hydrogen-bond donors (Lipinski definition) is 2. The topological polar surface area (TPSA) is 66.8 Å². The summed E-state index contributed by atoms with van der Waals surface area (Å²) in [6, 6.07) is 8.81. The maximum Gasteiger partial charge on any atom is 0.338 e. The number of aliphatic hydroxyl groups is 2. The van der Waals surface area contributed by atoms with Gasteiger partial charge in [0.05, 0.1) is 24.4 Å². The molecular formula is C15H18O4. The van der Waals surface area contributed by atoms with Crippen LogP contribution in [-0.4, -0.2) is 35.0 Å². The Morgan fingerprint density at radius 1 is 1.32 bits per heavy atom. The molecule has 0 aliphatic heterocycles. The predicted molar refractivity (Wildman–Crippen MR) is 68.5 cm³/mol. The fourth-order valence-corrected chi connectivity index (χ4v) is 3.29. The van der Waals surface area contributed by atoms with Crippen LogP contribution in [0.4, 0.5) is 0 Å². The lowest BCUT2D eigenvalue weighted by atomic mass is 9.87. The molecule has 0 spiro atoms. The molecule has 102 valence electrons. The summed E-state index contributed by atoms with van der Waals surface area (Å²) in [7, 11) is 0. The largest absolute Gasteiger partial charge is 0.462 e. The minimum absolute atomic E-state index is 0.145. The minimum atomic E-state index is -1.05. The first-order chi connectivity index (χ1) is 9.15. The smallest absolute Gasteiger partial charge is 0.338 e. The van der Waals surface area contributed by atoms with Crippen LogP contribution in [-0.2, 0) is 4.74 Å². The first-order valence-electron chi connectivity index (χ1n) is 6.70. The third-order valence-corrected chi connectivity index (χ3v) is 4.54. The number of hydrogen-bond acceptors (Lipinski definition) is 4. The van der Waals surface area contributed by atoms with Crippen LogP contribution in [0.15, 0.2) is 30.3 Å². The number of aliphatic hydroxyl groups excluding tert-OH is 1. The van der Waals surface area contributed by atoms with Crippen LogP contribution in [0.25, 0.3) is 0 Å². The molecule has 4 atom stereocenters. The van der Waals surface area contributed by atoms with Crippen LogP contribution >= 0.6 is 0 Å². The van der Waals surface area contributed by atoms with Crippen LogP contribution in [0.5, 0.6) is 0 Å². The number of rotatable bonds is 4. The molecule has 0 saturated heterocycles. The van der Waals surface area contributed by atoms with Gasteiger partial charge in [-0.3, -0.25) is 0 Å². The standard InChI is InChI=1S/C15H18O4/c16-9-15(18)12(6-11-7-13(11)15)8-19-14(17)10-4-2-1-3-5-10/h1-5,11-13,16,18H,6-9H2/t11?,12-,13?,15+/m0/s1. The van der Waals surface area contributed by atoms with Crippen LogP contribution in [0.2, 0.25) is 0 Å². The van der Waals surface area contributed by atoms with Gasteiger partial charge < -0.3 is 14.9 Å². The van der Waals surface area contributed by atoms with Crippen molar-refractivity contribution in [3.8, 4) is 0 Å². The van der Waals surface area contributed by atoms with E-state index in [1.54, 1.807) is 24.3 Å². The van der Waals surface area contributed by atoms with Crippen LogP contribution in [0.1, 0.15) is 23.2 Å². The molecule has 0 heterocycles. The number of fused-ring (bicyclic) bond motifs is 1. The third-order valence-electron chi connectivity index (χ3n) is 4.54. The van der Waals surface area contributed by atoms with Gasteiger partial charge >= 0.3 is 5.97 Å². The first-order valence-corrected chi connectivity index (χ1v) is 6.70. The maximum absolute atomic E-state index is 11.8. The van der Waals surface area contributed by atoms with E-state index in [2.05, 4.69) is 0 Å². The predicted octanol–water partition coefficient (Wildman–Crippen LogP) is 1.22. The fourth-order valence-electron chi connectivity index (χ4n) is 3.29. The highest BCUT2D eigenvalue weighted by molar-refractivity contribution is 5.89. The maximum atomic E-state index is 11.8. The molecule has 0 amide bonds. The Labute approximate surface area is 112 Å². The van der Waals surface area contributed by atoms with Crippen molar-refractivity contribution in [3.05, 3.63) is 35.9 Å². The molecule has 2 aliphatic rings. The summed E-state index contributed by atoms with van der Waals surface area (Å²) in [5.41, 5.74) is -0.542. The molecule has 3 rings (SSSR count). The van der Waals surface area contributed by atoms with Crippen molar-refractivity contribution in [2.45, 2.75) is 18.4 Å². The Hall–Kier alpha value is -1.39. The minimum Gasteiger partial charge on any atom is -0.462 e. The molecule has 2 N–H and O–H groups in total. The molecule has 1 aromatic rings. The average Bonchev–Trinajstić information content (AvgIpc) is 3.18. The van der Waals surface area contributed by atoms with Gasteiger partial charge in [-0.2, -0.15) is 0 Å². The Balaban J connectivity index is 1.60. The summed E-state index contributed by atoms with van der Waals surface area (Å²) in [6.07, 6.45) is 1.82. The normalized spacial score (nSPS) is 35.8. The quantitative estimate of drug-likeness (QED) is 0.801. The van der Waals surface area contributed by atoms with Gasteiger partial charge in [-0.15, -0.1) is 0 Å². The number of esters is 1. The molecule has 2 aliphatic carbocycles. The van der Waals surface area contributed by atoms with Crippen molar-refractivity contribution in [1.82, 2.24) is 0 Å². The summed E-state index contributed by atoms with van der Waals surface area (Å²) in [4.78, 5) is 11.8. The van der Waals surface area contributed by atoms with Crippen LogP contribution in [0.3, 0.4) is 0 Å². The highest BCUT2D eigenvalue weighted by Gasteiger charge is 2.62. The highest BCUT2D eigenvalue weighted by Crippen LogP contribution is 2.59. The SMILES string of the molecule is O=C(OC[C@@H]1CC2CC2[C@@]1(O)CO)c1ccccc1. The first kappa shape index (κ1) is 12.6. The molecule has 2 fully saturated rings. The van der Waals surface area contributed by atoms with Gasteiger partial charge in [0.2, 0.25) is 0 Å². The van der Waals surface area contributed by atoms with E-state index in [1.165, 1.54) is 0 Å². The molecule has 1 aromatic carbocycles. The van der Waals surface area contributed by atoms with Crippen molar-refractivity contribution in [2.24, 2.45) is 17.8 Å². The molecule has 0 bridgehead atoms. The van der Waals surface area contributed by atoms with Crippen molar-refractivity contribution in [2.75, 3.05) is 13.2 Å². The summed E-state index contributed by atoms with van der Waals surface area (Å²) in [5, 5.41) is 19.8. The molecule has 19 heavy (non-hydrogen) atoms. The van der Waals surface area contributed by atoms with E-state index in [0.717, 1.165) is 12.8 Å². The van der Waals surface area contributed by atoms with Gasteiger partial charge in [-0.05, 0) is 36.8 Å². The Bertz CT molecular complexity index is 472. The monoisotopic (exact) mass is 262 g/mol. The Morgan fingerprint density at radius 2 is 2.05 bits per heavy atom. The Kier molecular flexibility index (Phi) is 3.07. The van der Waals surface area contributed by atoms with Crippen molar-refractivity contribution >= 4 is 5.97 Å². The van der Waals surface area contributed by atoms with Crippen LogP contribution in [0, 0.1) is 17.8 Å². The molecule has 4 nitrogen and oxygen atoms in total. The van der Waals surface area contributed by atoms with E-state index in [4.69, 9.17) is 4.74 Å². The number of carbonyl (C=O) groups excluding carboxylic acids is 1. The van der Waals surface area contributed by atoms with E-state index in [9.17, 15) is 15.0 Å². The third kappa shape index (κ3) is 2.15. The fraction of sp³-hybridized carbons (Fsp3) is 0.533. The van der Waals surface area contributed by atoms with Gasteiger partial charge in [0.1, 0.15) is 0 Å². The van der Waals surface area contributed by atoms with Gasteiger partial charge in [-0.1, -0.05) is 18.2 Å². The zero-order valence-corrected chi connectivity index (χ0v) is 10.7. The lowest BCUT2D eigenvalue weighted by Gasteiger charge is -2.30. The van der Waals surface area contributed by atoms with Crippen molar-refractivity contribution in [1.29, 1.82) is 0 Å². The second-order valence-corrected chi connectivity index (χ2v) is 5.65. The molecule has 2 unspecified atom stereocenters. The lowest BCUT2D eigenvalue weighted by molar-refractivity contribution is -0.0798. The number of ether oxygens (including phenoxy) is 1. The summed E-state index contributed by atoms with van der Waals surface area (Å²) in [5.74, 6) is 0.172. The van der Waals surface area contributed by atoms with Crippen LogP contribution < -0.4 is 0 Å². The van der Waals surface area contributed by atoms with Gasteiger partial charge in [0.25, 0.3) is 0 Å². The summed E-state index contributed by atoms with van der Waals surface area (Å²) in [6.45, 7) is -0.0699. The summed E-state index contributed by atoms with van der Waals surface area (Å²) < 4.78 is 5.27. The van der Waals surface area contributed by atoms with E-state index in [0.29, 0.717) is 11.5 Å². The molecule has 2 saturated carbocycles. The van der Waals surface area contributed by atoms with E-state index < -0.39 is 5.60 Å². The van der Waals surface area contributed by atoms with Gasteiger partial charge in [0.15, 0.2) is 0 Å². The molecule has 0 aromatic heterocycles. The number of benzene rings is 1. The van der Waals surface area contributed by atoms with Gasteiger partial charge in [-0.25, -0.2) is 4.79 Å². The Morgan fingerprint density at radius 3 is 2.74 bits per heavy atom. The molecule has 0 radical (unpaired) electrons. The van der Waals surface area contributed by atoms with E-state index in [1.807, 2.05) is 6.07 Å². The van der Waals surface area contributed by atoms with Crippen molar-refractivity contribution in [3.63, 3.8) is 0 Å².